The van der Waals surface area contributed by atoms with Gasteiger partial charge in [-0.15, -0.1) is 0 Å². The Morgan fingerprint density at radius 3 is 2.81 bits per heavy atom. The Kier molecular flexibility index (Phi) is 8.92. The van der Waals surface area contributed by atoms with Crippen LogP contribution in [0.2, 0.25) is 5.02 Å². The van der Waals surface area contributed by atoms with Gasteiger partial charge in [-0.3, -0.25) is 14.5 Å². The molecule has 144 valence electrons. The average molecular weight is 380 g/mol. The number of likely N-dealkylation sites (tertiary alicyclic amines) is 1. The van der Waals surface area contributed by atoms with E-state index < -0.39 is 0 Å². The molecular formula is C20H30ClN3O2. The standard InChI is InChI=1S/C20H30ClN3O2/c1-2-3-4-7-12-22-20(26)16-9-8-13-24(14-16)15-19(25)23-18-11-6-5-10-17(18)21/h5-6,10-11,16H,2-4,7-9,12-15H2,1H3,(H,22,26)(H,23,25). The summed E-state index contributed by atoms with van der Waals surface area (Å²) in [5.41, 5.74) is 0.623. The SMILES string of the molecule is CCCCCCNC(=O)C1CCCN(CC(=O)Nc2ccccc2Cl)C1. The predicted molar refractivity (Wildman–Crippen MR) is 106 cm³/mol. The first kappa shape index (κ1) is 20.7. The van der Waals surface area contributed by atoms with Gasteiger partial charge in [-0.2, -0.15) is 0 Å². The molecule has 2 amide bonds. The van der Waals surface area contributed by atoms with Crippen LogP contribution in [0.4, 0.5) is 5.69 Å². The molecule has 2 N–H and O–H groups in total. The van der Waals surface area contributed by atoms with Gasteiger partial charge in [-0.25, -0.2) is 0 Å². The van der Waals surface area contributed by atoms with Gasteiger partial charge >= 0.3 is 0 Å². The zero-order valence-electron chi connectivity index (χ0n) is 15.6. The van der Waals surface area contributed by atoms with Crippen molar-refractivity contribution in [1.82, 2.24) is 10.2 Å². The summed E-state index contributed by atoms with van der Waals surface area (Å²) in [5.74, 6) is -0.000488. The summed E-state index contributed by atoms with van der Waals surface area (Å²) >= 11 is 6.07. The molecule has 1 aromatic rings. The largest absolute Gasteiger partial charge is 0.356 e. The summed E-state index contributed by atoms with van der Waals surface area (Å²) in [7, 11) is 0. The normalized spacial score (nSPS) is 17.7. The van der Waals surface area contributed by atoms with Crippen LogP contribution in [-0.2, 0) is 9.59 Å². The molecule has 2 rings (SSSR count). The Labute approximate surface area is 161 Å². The number of rotatable bonds is 9. The molecule has 5 nitrogen and oxygen atoms in total. The number of nitrogens with one attached hydrogen (secondary N) is 2. The van der Waals surface area contributed by atoms with E-state index in [0.717, 1.165) is 38.8 Å². The molecule has 0 spiro atoms. The molecule has 1 fully saturated rings. The minimum absolute atomic E-state index is 0.0250. The summed E-state index contributed by atoms with van der Waals surface area (Å²) < 4.78 is 0. The molecule has 1 unspecified atom stereocenters. The third-order valence-corrected chi connectivity index (χ3v) is 5.05. The summed E-state index contributed by atoms with van der Waals surface area (Å²) in [6, 6.07) is 7.20. The van der Waals surface area contributed by atoms with Crippen LogP contribution in [-0.4, -0.2) is 42.9 Å². The number of carbonyl (C=O) groups is 2. The highest BCUT2D eigenvalue weighted by Crippen LogP contribution is 2.21. The van der Waals surface area contributed by atoms with Crippen LogP contribution in [0.5, 0.6) is 0 Å². The quantitative estimate of drug-likeness (QED) is 0.643. The fourth-order valence-electron chi connectivity index (χ4n) is 3.28. The van der Waals surface area contributed by atoms with Crippen LogP contribution in [0.3, 0.4) is 0 Å². The second-order valence-electron chi connectivity index (χ2n) is 6.95. The number of benzene rings is 1. The van der Waals surface area contributed by atoms with E-state index in [1.54, 1.807) is 12.1 Å². The Balaban J connectivity index is 1.74. The third kappa shape index (κ3) is 6.96. The molecular weight excluding hydrogens is 350 g/mol. The number of hydrogen-bond donors (Lipinski definition) is 2. The molecule has 1 atom stereocenters. The van der Waals surface area contributed by atoms with E-state index in [0.29, 0.717) is 17.3 Å². The molecule has 0 aromatic heterocycles. The van der Waals surface area contributed by atoms with Crippen molar-refractivity contribution in [3.63, 3.8) is 0 Å². The second kappa shape index (κ2) is 11.2. The first-order valence-electron chi connectivity index (χ1n) is 9.64. The Morgan fingerprint density at radius 1 is 1.23 bits per heavy atom. The van der Waals surface area contributed by atoms with Gasteiger partial charge < -0.3 is 10.6 Å². The average Bonchev–Trinajstić information content (AvgIpc) is 2.63. The number of unbranched alkanes of at least 4 members (excludes halogenated alkanes) is 3. The van der Waals surface area contributed by atoms with Crippen molar-refractivity contribution in [2.75, 3.05) is 31.5 Å². The van der Waals surface area contributed by atoms with E-state index in [4.69, 9.17) is 11.6 Å². The van der Waals surface area contributed by atoms with E-state index in [2.05, 4.69) is 22.5 Å². The highest BCUT2D eigenvalue weighted by molar-refractivity contribution is 6.33. The molecule has 0 bridgehead atoms. The molecule has 0 aliphatic carbocycles. The molecule has 1 saturated heterocycles. The number of halogens is 1. The van der Waals surface area contributed by atoms with Crippen LogP contribution in [0, 0.1) is 5.92 Å². The van der Waals surface area contributed by atoms with Crippen LogP contribution < -0.4 is 10.6 Å². The lowest BCUT2D eigenvalue weighted by molar-refractivity contribution is -0.127. The topological polar surface area (TPSA) is 61.4 Å². The Hall–Kier alpha value is -1.59. The maximum absolute atomic E-state index is 12.3. The lowest BCUT2D eigenvalue weighted by Crippen LogP contribution is -2.45. The number of piperidine rings is 1. The Morgan fingerprint density at radius 2 is 2.04 bits per heavy atom. The first-order valence-corrected chi connectivity index (χ1v) is 10.0. The van der Waals surface area contributed by atoms with E-state index in [1.807, 2.05) is 12.1 Å². The van der Waals surface area contributed by atoms with Crippen molar-refractivity contribution < 1.29 is 9.59 Å². The zero-order chi connectivity index (χ0) is 18.8. The van der Waals surface area contributed by atoms with Crippen molar-refractivity contribution >= 4 is 29.1 Å². The molecule has 1 aromatic carbocycles. The van der Waals surface area contributed by atoms with Gasteiger partial charge in [0.1, 0.15) is 0 Å². The maximum atomic E-state index is 12.3. The highest BCUT2D eigenvalue weighted by atomic mass is 35.5. The van der Waals surface area contributed by atoms with Gasteiger partial charge in [-0.05, 0) is 37.9 Å². The number of nitrogens with zero attached hydrogens (tertiary/aromatic N) is 1. The molecule has 6 heteroatoms. The van der Waals surface area contributed by atoms with E-state index >= 15 is 0 Å². The number of amides is 2. The zero-order valence-corrected chi connectivity index (χ0v) is 16.4. The van der Waals surface area contributed by atoms with Crippen molar-refractivity contribution in [3.05, 3.63) is 29.3 Å². The number of anilines is 1. The number of carbonyl (C=O) groups excluding carboxylic acids is 2. The summed E-state index contributed by atoms with van der Waals surface area (Å²) in [4.78, 5) is 26.7. The molecule has 0 radical (unpaired) electrons. The summed E-state index contributed by atoms with van der Waals surface area (Å²) in [6.07, 6.45) is 6.44. The van der Waals surface area contributed by atoms with Gasteiger partial charge in [0.2, 0.25) is 11.8 Å². The Bertz CT molecular complexity index is 594. The minimum Gasteiger partial charge on any atom is -0.356 e. The minimum atomic E-state index is -0.0984. The maximum Gasteiger partial charge on any atom is 0.238 e. The van der Waals surface area contributed by atoms with Gasteiger partial charge in [0.25, 0.3) is 0 Å². The molecule has 26 heavy (non-hydrogen) atoms. The van der Waals surface area contributed by atoms with E-state index in [-0.39, 0.29) is 24.3 Å². The van der Waals surface area contributed by atoms with Crippen molar-refractivity contribution in [1.29, 1.82) is 0 Å². The third-order valence-electron chi connectivity index (χ3n) is 4.72. The fourth-order valence-corrected chi connectivity index (χ4v) is 3.46. The lowest BCUT2D eigenvalue weighted by Gasteiger charge is -2.31. The lowest BCUT2D eigenvalue weighted by atomic mass is 9.97. The van der Waals surface area contributed by atoms with Gasteiger partial charge in [-0.1, -0.05) is 49.9 Å². The van der Waals surface area contributed by atoms with Crippen LogP contribution in [0.15, 0.2) is 24.3 Å². The fraction of sp³-hybridized carbons (Fsp3) is 0.600. The van der Waals surface area contributed by atoms with Gasteiger partial charge in [0.15, 0.2) is 0 Å². The summed E-state index contributed by atoms with van der Waals surface area (Å²) in [6.45, 7) is 4.69. The highest BCUT2D eigenvalue weighted by Gasteiger charge is 2.26. The van der Waals surface area contributed by atoms with E-state index in [1.165, 1.54) is 12.8 Å². The number of para-hydroxylation sites is 1. The molecule has 1 aliphatic rings. The second-order valence-corrected chi connectivity index (χ2v) is 7.36. The van der Waals surface area contributed by atoms with E-state index in [9.17, 15) is 9.59 Å². The molecule has 0 saturated carbocycles. The number of hydrogen-bond acceptors (Lipinski definition) is 3. The van der Waals surface area contributed by atoms with Gasteiger partial charge in [0, 0.05) is 13.1 Å². The molecule has 1 aliphatic heterocycles. The van der Waals surface area contributed by atoms with Crippen LogP contribution >= 0.6 is 11.6 Å². The van der Waals surface area contributed by atoms with Crippen molar-refractivity contribution in [2.45, 2.75) is 45.4 Å². The van der Waals surface area contributed by atoms with Crippen LogP contribution in [0.25, 0.3) is 0 Å². The van der Waals surface area contributed by atoms with Crippen molar-refractivity contribution in [3.8, 4) is 0 Å². The van der Waals surface area contributed by atoms with Crippen LogP contribution in [0.1, 0.15) is 45.4 Å². The monoisotopic (exact) mass is 379 g/mol. The molecule has 1 heterocycles. The smallest absolute Gasteiger partial charge is 0.238 e. The summed E-state index contributed by atoms with van der Waals surface area (Å²) in [5, 5.41) is 6.42. The van der Waals surface area contributed by atoms with Crippen molar-refractivity contribution in [2.24, 2.45) is 5.92 Å². The predicted octanol–water partition coefficient (Wildman–Crippen LogP) is 3.69. The first-order chi connectivity index (χ1) is 12.6. The van der Waals surface area contributed by atoms with Gasteiger partial charge in [0.05, 0.1) is 23.2 Å².